The lowest BCUT2D eigenvalue weighted by Crippen LogP contribution is -2.23. The molecule has 0 radical (unpaired) electrons. The third kappa shape index (κ3) is 3.01. The standard InChI is InChI=1S/C14H17ClO2/c1-10-5-7-12(8-6-10)17-14-11(9-16)3-2-4-13(14)15/h2-4,9-10,12H,5-8H2,1H3. The lowest BCUT2D eigenvalue weighted by Gasteiger charge is -2.27. The maximum atomic E-state index is 10.9. The zero-order valence-electron chi connectivity index (χ0n) is 9.99. The van der Waals surface area contributed by atoms with E-state index in [2.05, 4.69) is 6.92 Å². The molecule has 3 heteroatoms. The Labute approximate surface area is 107 Å². The number of benzene rings is 1. The molecule has 0 unspecified atom stereocenters. The van der Waals surface area contributed by atoms with Crippen LogP contribution < -0.4 is 4.74 Å². The minimum Gasteiger partial charge on any atom is -0.488 e. The fourth-order valence-electron chi connectivity index (χ4n) is 2.26. The molecule has 1 fully saturated rings. The monoisotopic (exact) mass is 252 g/mol. The predicted octanol–water partition coefficient (Wildman–Crippen LogP) is 4.11. The van der Waals surface area contributed by atoms with Crippen molar-refractivity contribution >= 4 is 17.9 Å². The number of aldehydes is 1. The van der Waals surface area contributed by atoms with E-state index in [-0.39, 0.29) is 6.10 Å². The van der Waals surface area contributed by atoms with Crippen molar-refractivity contribution in [3.8, 4) is 5.75 Å². The summed E-state index contributed by atoms with van der Waals surface area (Å²) in [5.74, 6) is 1.33. The number of ether oxygens (including phenoxy) is 1. The molecule has 2 nitrogen and oxygen atoms in total. The van der Waals surface area contributed by atoms with Gasteiger partial charge in [0, 0.05) is 0 Å². The van der Waals surface area contributed by atoms with Crippen molar-refractivity contribution in [3.05, 3.63) is 28.8 Å². The van der Waals surface area contributed by atoms with Gasteiger partial charge in [-0.25, -0.2) is 0 Å². The normalized spacial score (nSPS) is 24.4. The minimum atomic E-state index is 0.199. The minimum absolute atomic E-state index is 0.199. The Balaban J connectivity index is 2.10. The first-order valence-electron chi connectivity index (χ1n) is 6.11. The van der Waals surface area contributed by atoms with Gasteiger partial charge in [0.05, 0.1) is 16.7 Å². The second-order valence-corrected chi connectivity index (χ2v) is 5.18. The van der Waals surface area contributed by atoms with Gasteiger partial charge >= 0.3 is 0 Å². The molecule has 1 aromatic rings. The quantitative estimate of drug-likeness (QED) is 0.757. The van der Waals surface area contributed by atoms with Gasteiger partial charge < -0.3 is 4.74 Å². The number of para-hydroxylation sites is 1. The van der Waals surface area contributed by atoms with Crippen LogP contribution in [0.15, 0.2) is 18.2 Å². The van der Waals surface area contributed by atoms with E-state index >= 15 is 0 Å². The third-order valence-corrected chi connectivity index (χ3v) is 3.67. The van der Waals surface area contributed by atoms with Crippen LogP contribution in [0.5, 0.6) is 5.75 Å². The molecule has 0 bridgehead atoms. The molecule has 0 spiro atoms. The molecule has 0 amide bonds. The van der Waals surface area contributed by atoms with Crippen molar-refractivity contribution in [2.45, 2.75) is 38.7 Å². The molecule has 1 aliphatic carbocycles. The second kappa shape index (κ2) is 5.54. The molecule has 0 atom stereocenters. The number of hydrogen-bond acceptors (Lipinski definition) is 2. The van der Waals surface area contributed by atoms with Gasteiger partial charge in [0.25, 0.3) is 0 Å². The molecule has 1 saturated carbocycles. The summed E-state index contributed by atoms with van der Waals surface area (Å²) in [4.78, 5) is 10.9. The Morgan fingerprint density at radius 1 is 1.29 bits per heavy atom. The fourth-order valence-corrected chi connectivity index (χ4v) is 2.48. The highest BCUT2D eigenvalue weighted by molar-refractivity contribution is 6.32. The maximum Gasteiger partial charge on any atom is 0.153 e. The van der Waals surface area contributed by atoms with Crippen LogP contribution in [0.25, 0.3) is 0 Å². The summed E-state index contributed by atoms with van der Waals surface area (Å²) >= 11 is 6.07. The summed E-state index contributed by atoms with van der Waals surface area (Å²) in [6.07, 6.45) is 5.46. The van der Waals surface area contributed by atoms with Crippen LogP contribution in [-0.4, -0.2) is 12.4 Å². The number of hydrogen-bond donors (Lipinski definition) is 0. The molecule has 0 N–H and O–H groups in total. The SMILES string of the molecule is CC1CCC(Oc2c(Cl)cccc2C=O)CC1. The van der Waals surface area contributed by atoms with Gasteiger partial charge in [0.2, 0.25) is 0 Å². The number of carbonyl (C=O) groups is 1. The summed E-state index contributed by atoms with van der Waals surface area (Å²) < 4.78 is 5.89. The molecule has 17 heavy (non-hydrogen) atoms. The zero-order valence-corrected chi connectivity index (χ0v) is 10.7. The summed E-state index contributed by atoms with van der Waals surface area (Å²) in [5, 5.41) is 0.522. The lowest BCUT2D eigenvalue weighted by molar-refractivity contribution is 0.110. The predicted molar refractivity (Wildman–Crippen MR) is 68.9 cm³/mol. The molecule has 0 aliphatic heterocycles. The number of carbonyl (C=O) groups excluding carboxylic acids is 1. The van der Waals surface area contributed by atoms with Crippen LogP contribution in [0.2, 0.25) is 5.02 Å². The Kier molecular flexibility index (Phi) is 4.06. The molecule has 92 valence electrons. The molecule has 0 aromatic heterocycles. The van der Waals surface area contributed by atoms with Gasteiger partial charge in [-0.15, -0.1) is 0 Å². The van der Waals surface area contributed by atoms with E-state index in [9.17, 15) is 4.79 Å². The smallest absolute Gasteiger partial charge is 0.153 e. The first kappa shape index (κ1) is 12.4. The van der Waals surface area contributed by atoms with Gasteiger partial charge in [-0.2, -0.15) is 0 Å². The third-order valence-electron chi connectivity index (χ3n) is 3.37. The van der Waals surface area contributed by atoms with Crippen LogP contribution in [-0.2, 0) is 0 Å². The van der Waals surface area contributed by atoms with E-state index in [1.54, 1.807) is 18.2 Å². The first-order valence-corrected chi connectivity index (χ1v) is 6.49. The van der Waals surface area contributed by atoms with Gasteiger partial charge in [-0.3, -0.25) is 4.79 Å². The largest absolute Gasteiger partial charge is 0.488 e. The van der Waals surface area contributed by atoms with Crippen LogP contribution in [0, 0.1) is 5.92 Å². The van der Waals surface area contributed by atoms with Crippen molar-refractivity contribution < 1.29 is 9.53 Å². The van der Waals surface area contributed by atoms with Crippen LogP contribution in [0.1, 0.15) is 43.0 Å². The van der Waals surface area contributed by atoms with Crippen molar-refractivity contribution in [1.82, 2.24) is 0 Å². The van der Waals surface area contributed by atoms with Gasteiger partial charge in [0.15, 0.2) is 6.29 Å². The average molecular weight is 253 g/mol. The Morgan fingerprint density at radius 2 is 2.00 bits per heavy atom. The molecular formula is C14H17ClO2. The van der Waals surface area contributed by atoms with E-state index in [4.69, 9.17) is 16.3 Å². The molecule has 0 heterocycles. The molecule has 2 rings (SSSR count). The van der Waals surface area contributed by atoms with Crippen molar-refractivity contribution in [2.75, 3.05) is 0 Å². The summed E-state index contributed by atoms with van der Waals surface area (Å²) in [7, 11) is 0. The van der Waals surface area contributed by atoms with E-state index in [1.165, 1.54) is 12.8 Å². The Hall–Kier alpha value is -1.02. The van der Waals surface area contributed by atoms with Crippen molar-refractivity contribution in [3.63, 3.8) is 0 Å². The average Bonchev–Trinajstić information content (AvgIpc) is 2.34. The van der Waals surface area contributed by atoms with E-state index in [0.717, 1.165) is 25.0 Å². The molecule has 1 aromatic carbocycles. The highest BCUT2D eigenvalue weighted by Crippen LogP contribution is 2.32. The molecule has 0 saturated heterocycles. The van der Waals surface area contributed by atoms with Crippen LogP contribution in [0.4, 0.5) is 0 Å². The van der Waals surface area contributed by atoms with Crippen molar-refractivity contribution in [2.24, 2.45) is 5.92 Å². The number of rotatable bonds is 3. The highest BCUT2D eigenvalue weighted by atomic mass is 35.5. The summed E-state index contributed by atoms with van der Waals surface area (Å²) in [6, 6.07) is 5.26. The van der Waals surface area contributed by atoms with E-state index in [0.29, 0.717) is 16.3 Å². The van der Waals surface area contributed by atoms with Crippen LogP contribution in [0.3, 0.4) is 0 Å². The van der Waals surface area contributed by atoms with Crippen molar-refractivity contribution in [1.29, 1.82) is 0 Å². The molecule has 1 aliphatic rings. The van der Waals surface area contributed by atoms with E-state index in [1.807, 2.05) is 0 Å². The lowest BCUT2D eigenvalue weighted by atomic mass is 9.89. The Bertz CT molecular complexity index is 395. The van der Waals surface area contributed by atoms with Gasteiger partial charge in [0.1, 0.15) is 5.75 Å². The second-order valence-electron chi connectivity index (χ2n) is 4.78. The van der Waals surface area contributed by atoms with Gasteiger partial charge in [-0.1, -0.05) is 24.6 Å². The summed E-state index contributed by atoms with van der Waals surface area (Å²) in [6.45, 7) is 2.27. The van der Waals surface area contributed by atoms with Crippen LogP contribution >= 0.6 is 11.6 Å². The zero-order chi connectivity index (χ0) is 12.3. The topological polar surface area (TPSA) is 26.3 Å². The summed E-state index contributed by atoms with van der Waals surface area (Å²) in [5.41, 5.74) is 0.538. The maximum absolute atomic E-state index is 10.9. The highest BCUT2D eigenvalue weighted by Gasteiger charge is 2.21. The first-order chi connectivity index (χ1) is 8.20. The van der Waals surface area contributed by atoms with E-state index < -0.39 is 0 Å². The number of halogens is 1. The fraction of sp³-hybridized carbons (Fsp3) is 0.500. The molecular weight excluding hydrogens is 236 g/mol. The Morgan fingerprint density at radius 3 is 2.65 bits per heavy atom. The van der Waals surface area contributed by atoms with Gasteiger partial charge in [-0.05, 0) is 43.7 Å².